The Hall–Kier alpha value is -1.37. The SMILES string of the molecule is CCC[C@@H](CCC(C)C)NP(=O)(c1ccccc1)c1ccccc1. The Kier molecular flexibility index (Phi) is 7.27. The summed E-state index contributed by atoms with van der Waals surface area (Å²) in [7, 11) is -2.82. The molecule has 24 heavy (non-hydrogen) atoms. The molecule has 0 radical (unpaired) electrons. The Morgan fingerprint density at radius 3 is 1.75 bits per heavy atom. The quantitative estimate of drug-likeness (QED) is 0.641. The molecule has 0 bridgehead atoms. The Bertz CT molecular complexity index is 596. The van der Waals surface area contributed by atoms with Crippen molar-refractivity contribution in [3.05, 3.63) is 60.7 Å². The summed E-state index contributed by atoms with van der Waals surface area (Å²) in [4.78, 5) is 0. The predicted molar refractivity (Wildman–Crippen MR) is 106 cm³/mol. The molecule has 2 rings (SSSR count). The highest BCUT2D eigenvalue weighted by Crippen LogP contribution is 2.40. The van der Waals surface area contributed by atoms with Crippen LogP contribution in [0.1, 0.15) is 46.5 Å². The molecule has 0 unspecified atom stereocenters. The molecule has 1 N–H and O–H groups in total. The summed E-state index contributed by atoms with van der Waals surface area (Å²) in [6.07, 6.45) is 4.37. The molecule has 0 spiro atoms. The van der Waals surface area contributed by atoms with Crippen LogP contribution in [0, 0.1) is 5.92 Å². The van der Waals surface area contributed by atoms with Gasteiger partial charge in [0.05, 0.1) is 0 Å². The topological polar surface area (TPSA) is 29.1 Å². The van der Waals surface area contributed by atoms with E-state index in [9.17, 15) is 4.57 Å². The fourth-order valence-electron chi connectivity index (χ4n) is 2.99. The smallest absolute Gasteiger partial charge is 0.204 e. The lowest BCUT2D eigenvalue weighted by Gasteiger charge is -2.27. The third-order valence-electron chi connectivity index (χ3n) is 4.33. The van der Waals surface area contributed by atoms with Gasteiger partial charge >= 0.3 is 0 Å². The fraction of sp³-hybridized carbons (Fsp3) is 0.429. The summed E-state index contributed by atoms with van der Waals surface area (Å²) in [5.74, 6) is 0.666. The van der Waals surface area contributed by atoms with E-state index in [0.29, 0.717) is 5.92 Å². The lowest BCUT2D eigenvalue weighted by atomic mass is 10.0. The molecule has 0 fully saturated rings. The van der Waals surface area contributed by atoms with Crippen LogP contribution in [0.2, 0.25) is 0 Å². The third-order valence-corrected chi connectivity index (χ3v) is 7.11. The second-order valence-corrected chi connectivity index (χ2v) is 9.38. The first-order valence-electron chi connectivity index (χ1n) is 9.05. The van der Waals surface area contributed by atoms with Gasteiger partial charge in [-0.2, -0.15) is 0 Å². The Balaban J connectivity index is 2.34. The van der Waals surface area contributed by atoms with Crippen molar-refractivity contribution < 1.29 is 4.57 Å². The second kappa shape index (κ2) is 9.20. The van der Waals surface area contributed by atoms with Crippen molar-refractivity contribution >= 4 is 17.9 Å². The van der Waals surface area contributed by atoms with Gasteiger partial charge in [0, 0.05) is 16.7 Å². The van der Waals surface area contributed by atoms with Gasteiger partial charge in [0.25, 0.3) is 0 Å². The van der Waals surface area contributed by atoms with Gasteiger partial charge in [0.1, 0.15) is 0 Å². The Morgan fingerprint density at radius 1 is 0.833 bits per heavy atom. The van der Waals surface area contributed by atoms with E-state index in [0.717, 1.165) is 36.3 Å². The molecule has 0 aliphatic rings. The van der Waals surface area contributed by atoms with Crippen molar-refractivity contribution in [1.82, 2.24) is 5.09 Å². The van der Waals surface area contributed by atoms with Gasteiger partial charge in [-0.05, 0) is 49.4 Å². The van der Waals surface area contributed by atoms with Crippen molar-refractivity contribution in [3.63, 3.8) is 0 Å². The molecule has 0 aliphatic carbocycles. The van der Waals surface area contributed by atoms with Crippen molar-refractivity contribution in [2.24, 2.45) is 5.92 Å². The fourth-order valence-corrected chi connectivity index (χ4v) is 5.54. The highest BCUT2D eigenvalue weighted by Gasteiger charge is 2.29. The molecule has 0 saturated carbocycles. The van der Waals surface area contributed by atoms with Crippen LogP contribution in [-0.4, -0.2) is 6.04 Å². The maximum atomic E-state index is 14.0. The number of hydrogen-bond donors (Lipinski definition) is 1. The maximum absolute atomic E-state index is 14.0. The van der Waals surface area contributed by atoms with Gasteiger partial charge in [-0.3, -0.25) is 9.65 Å². The van der Waals surface area contributed by atoms with Gasteiger partial charge in [0.15, 0.2) is 0 Å². The zero-order chi connectivity index (χ0) is 17.4. The van der Waals surface area contributed by atoms with E-state index in [-0.39, 0.29) is 6.04 Å². The monoisotopic (exact) mass is 343 g/mol. The highest BCUT2D eigenvalue weighted by atomic mass is 31.2. The minimum Gasteiger partial charge on any atom is -0.297 e. The zero-order valence-electron chi connectivity index (χ0n) is 15.1. The molecule has 130 valence electrons. The molecule has 3 heteroatoms. The lowest BCUT2D eigenvalue weighted by Crippen LogP contribution is -2.35. The van der Waals surface area contributed by atoms with Gasteiger partial charge in [-0.1, -0.05) is 63.6 Å². The number of benzene rings is 2. The molecule has 2 aromatic carbocycles. The standard InChI is InChI=1S/C21H30NOP/c1-4-11-19(17-16-18(2)3)22-24(23,20-12-7-5-8-13-20)21-14-9-6-10-15-21/h5-10,12-15,18-19H,4,11,16-17H2,1-3H3,(H,22,23)/t19-/m0/s1. The van der Waals surface area contributed by atoms with Crippen LogP contribution in [0.25, 0.3) is 0 Å². The van der Waals surface area contributed by atoms with Gasteiger partial charge < -0.3 is 0 Å². The van der Waals surface area contributed by atoms with Crippen molar-refractivity contribution in [1.29, 1.82) is 0 Å². The average molecular weight is 343 g/mol. The molecule has 0 aromatic heterocycles. The summed E-state index contributed by atoms with van der Waals surface area (Å²) in [6, 6.07) is 20.0. The van der Waals surface area contributed by atoms with E-state index in [4.69, 9.17) is 0 Å². The van der Waals surface area contributed by atoms with E-state index >= 15 is 0 Å². The van der Waals surface area contributed by atoms with Gasteiger partial charge in [-0.25, -0.2) is 0 Å². The summed E-state index contributed by atoms with van der Waals surface area (Å²) in [5.41, 5.74) is 0. The molecular formula is C21H30NOP. The van der Waals surface area contributed by atoms with Crippen molar-refractivity contribution in [3.8, 4) is 0 Å². The second-order valence-electron chi connectivity index (χ2n) is 6.87. The maximum Gasteiger partial charge on any atom is 0.204 e. The summed E-state index contributed by atoms with van der Waals surface area (Å²) in [6.45, 7) is 6.69. The van der Waals surface area contributed by atoms with E-state index in [1.165, 1.54) is 0 Å². The average Bonchev–Trinajstić information content (AvgIpc) is 2.61. The molecular weight excluding hydrogens is 313 g/mol. The van der Waals surface area contributed by atoms with Crippen molar-refractivity contribution in [2.45, 2.75) is 52.5 Å². The summed E-state index contributed by atoms with van der Waals surface area (Å²) < 4.78 is 14.0. The number of nitrogens with one attached hydrogen (secondary N) is 1. The van der Waals surface area contributed by atoms with Crippen LogP contribution < -0.4 is 15.7 Å². The van der Waals surface area contributed by atoms with E-state index in [2.05, 4.69) is 25.9 Å². The Labute approximate surface area is 147 Å². The minimum absolute atomic E-state index is 0.281. The number of rotatable bonds is 9. The van der Waals surface area contributed by atoms with Crippen LogP contribution in [0.4, 0.5) is 0 Å². The van der Waals surface area contributed by atoms with Crippen LogP contribution in [0.15, 0.2) is 60.7 Å². The molecule has 1 atom stereocenters. The molecule has 0 amide bonds. The van der Waals surface area contributed by atoms with Crippen LogP contribution in [0.5, 0.6) is 0 Å². The summed E-state index contributed by atoms with van der Waals surface area (Å²) >= 11 is 0. The normalized spacial score (nSPS) is 13.2. The molecule has 2 nitrogen and oxygen atoms in total. The Morgan fingerprint density at radius 2 is 1.33 bits per heavy atom. The van der Waals surface area contributed by atoms with Crippen LogP contribution in [-0.2, 0) is 4.57 Å². The predicted octanol–water partition coefficient (Wildman–Crippen LogP) is 5.11. The van der Waals surface area contributed by atoms with Crippen molar-refractivity contribution in [2.75, 3.05) is 0 Å². The molecule has 2 aromatic rings. The first-order chi connectivity index (χ1) is 11.6. The summed E-state index contributed by atoms with van der Waals surface area (Å²) in [5, 5.41) is 5.36. The van der Waals surface area contributed by atoms with Gasteiger partial charge in [-0.15, -0.1) is 0 Å². The first-order valence-corrected chi connectivity index (χ1v) is 10.8. The van der Waals surface area contributed by atoms with E-state index in [1.54, 1.807) is 0 Å². The third kappa shape index (κ3) is 5.06. The molecule has 0 heterocycles. The number of hydrogen-bond acceptors (Lipinski definition) is 1. The van der Waals surface area contributed by atoms with Crippen LogP contribution in [0.3, 0.4) is 0 Å². The van der Waals surface area contributed by atoms with E-state index < -0.39 is 7.29 Å². The minimum atomic E-state index is -2.82. The van der Waals surface area contributed by atoms with Gasteiger partial charge in [0.2, 0.25) is 7.29 Å². The zero-order valence-corrected chi connectivity index (χ0v) is 16.0. The van der Waals surface area contributed by atoms with E-state index in [1.807, 2.05) is 60.7 Å². The molecule has 0 saturated heterocycles. The lowest BCUT2D eigenvalue weighted by molar-refractivity contribution is 0.448. The first kappa shape index (κ1) is 19.0. The largest absolute Gasteiger partial charge is 0.297 e. The molecule has 0 aliphatic heterocycles. The van der Waals surface area contributed by atoms with Crippen LogP contribution >= 0.6 is 7.29 Å². The highest BCUT2D eigenvalue weighted by molar-refractivity contribution is 7.76.